The van der Waals surface area contributed by atoms with E-state index in [0.717, 1.165) is 33.9 Å². The number of amides is 1. The quantitative estimate of drug-likeness (QED) is 0.912. The predicted molar refractivity (Wildman–Crippen MR) is 80.3 cm³/mol. The highest BCUT2D eigenvalue weighted by atomic mass is 32.1. The van der Waals surface area contributed by atoms with Gasteiger partial charge in [-0.3, -0.25) is 4.79 Å². The average Bonchev–Trinajstić information content (AvgIpc) is 2.94. The van der Waals surface area contributed by atoms with Gasteiger partial charge in [-0.1, -0.05) is 12.1 Å². The second-order valence-electron chi connectivity index (χ2n) is 4.80. The van der Waals surface area contributed by atoms with Gasteiger partial charge in [-0.15, -0.1) is 11.3 Å². The molecule has 1 aliphatic rings. The average molecular weight is 288 g/mol. The van der Waals surface area contributed by atoms with E-state index in [2.05, 4.69) is 11.4 Å². The molecule has 4 nitrogen and oxygen atoms in total. The molecule has 1 atom stereocenters. The highest BCUT2D eigenvalue weighted by Crippen LogP contribution is 2.35. The number of ether oxygens (including phenoxy) is 1. The van der Waals surface area contributed by atoms with Crippen LogP contribution in [0, 0.1) is 0 Å². The highest BCUT2D eigenvalue weighted by molar-refractivity contribution is 7.10. The van der Waals surface area contributed by atoms with Crippen LogP contribution in [-0.4, -0.2) is 13.0 Å². The molecule has 1 amide bonds. The third kappa shape index (κ3) is 2.30. The van der Waals surface area contributed by atoms with Crippen molar-refractivity contribution >= 4 is 22.9 Å². The molecule has 1 unspecified atom stereocenters. The van der Waals surface area contributed by atoms with E-state index in [4.69, 9.17) is 10.5 Å². The van der Waals surface area contributed by atoms with Gasteiger partial charge in [-0.25, -0.2) is 0 Å². The minimum absolute atomic E-state index is 0.0782. The minimum atomic E-state index is -0.201. The first-order valence-corrected chi connectivity index (χ1v) is 7.36. The van der Waals surface area contributed by atoms with E-state index in [1.807, 2.05) is 23.6 Å². The number of carbonyl (C=O) groups is 1. The fourth-order valence-corrected chi connectivity index (χ4v) is 3.34. The lowest BCUT2D eigenvalue weighted by Crippen LogP contribution is -2.20. The summed E-state index contributed by atoms with van der Waals surface area (Å²) in [5.41, 5.74) is 9.43. The van der Waals surface area contributed by atoms with Gasteiger partial charge in [0, 0.05) is 12.1 Å². The molecule has 2 aromatic rings. The van der Waals surface area contributed by atoms with Crippen molar-refractivity contribution in [2.75, 3.05) is 12.4 Å². The molecule has 0 radical (unpaired) electrons. The molecule has 2 heterocycles. The van der Waals surface area contributed by atoms with E-state index in [0.29, 0.717) is 6.42 Å². The summed E-state index contributed by atoms with van der Waals surface area (Å²) < 4.78 is 5.33. The Morgan fingerprint density at radius 3 is 3.00 bits per heavy atom. The second kappa shape index (κ2) is 5.26. The predicted octanol–water partition coefficient (Wildman–Crippen LogP) is 2.69. The van der Waals surface area contributed by atoms with E-state index in [1.54, 1.807) is 18.4 Å². The summed E-state index contributed by atoms with van der Waals surface area (Å²) >= 11 is 1.60. The zero-order valence-corrected chi connectivity index (χ0v) is 12.0. The Kier molecular flexibility index (Phi) is 3.46. The van der Waals surface area contributed by atoms with Gasteiger partial charge in [0.1, 0.15) is 5.75 Å². The highest BCUT2D eigenvalue weighted by Gasteiger charge is 2.19. The van der Waals surface area contributed by atoms with Crippen LogP contribution < -0.4 is 15.8 Å². The van der Waals surface area contributed by atoms with Gasteiger partial charge in [0.15, 0.2) is 0 Å². The van der Waals surface area contributed by atoms with Crippen LogP contribution in [0.3, 0.4) is 0 Å². The Bertz CT molecular complexity index is 651. The molecule has 0 bridgehead atoms. The number of aryl methyl sites for hydroxylation is 1. The summed E-state index contributed by atoms with van der Waals surface area (Å²) in [6, 6.07) is 7.71. The molecular weight excluding hydrogens is 272 g/mol. The molecule has 1 aliphatic heterocycles. The van der Waals surface area contributed by atoms with Crippen LogP contribution >= 0.6 is 11.3 Å². The number of hydrogen-bond acceptors (Lipinski definition) is 4. The van der Waals surface area contributed by atoms with Crippen molar-refractivity contribution in [2.24, 2.45) is 5.73 Å². The van der Waals surface area contributed by atoms with Crippen LogP contribution in [0.15, 0.2) is 29.6 Å². The number of nitrogens with one attached hydrogen (secondary N) is 1. The van der Waals surface area contributed by atoms with Crippen molar-refractivity contribution in [3.05, 3.63) is 45.6 Å². The lowest BCUT2D eigenvalue weighted by Gasteiger charge is -2.19. The van der Waals surface area contributed by atoms with Gasteiger partial charge in [-0.2, -0.15) is 0 Å². The zero-order chi connectivity index (χ0) is 14.1. The molecular formula is C15H16N2O2S. The zero-order valence-electron chi connectivity index (χ0n) is 11.2. The summed E-state index contributed by atoms with van der Waals surface area (Å²) in [5.74, 6) is 0.906. The number of methoxy groups -OCH3 is 1. The molecule has 0 saturated carbocycles. The second-order valence-corrected chi connectivity index (χ2v) is 5.74. The summed E-state index contributed by atoms with van der Waals surface area (Å²) in [6.45, 7) is 0. The van der Waals surface area contributed by atoms with E-state index in [9.17, 15) is 4.79 Å². The molecule has 1 aromatic heterocycles. The Morgan fingerprint density at radius 2 is 2.20 bits per heavy atom. The molecule has 1 aromatic carbocycles. The Hall–Kier alpha value is -1.85. The number of thiophene rings is 1. The first kappa shape index (κ1) is 13.1. The molecule has 20 heavy (non-hydrogen) atoms. The molecule has 0 spiro atoms. The maximum atomic E-state index is 11.4. The summed E-state index contributed by atoms with van der Waals surface area (Å²) in [4.78, 5) is 12.4. The lowest BCUT2D eigenvalue weighted by atomic mass is 9.97. The molecule has 0 aliphatic carbocycles. The number of rotatable bonds is 3. The largest absolute Gasteiger partial charge is 0.496 e. The Morgan fingerprint density at radius 1 is 1.35 bits per heavy atom. The van der Waals surface area contributed by atoms with Crippen LogP contribution in [-0.2, 0) is 11.2 Å². The molecule has 104 valence electrons. The summed E-state index contributed by atoms with van der Waals surface area (Å²) in [6.07, 6.45) is 1.30. The summed E-state index contributed by atoms with van der Waals surface area (Å²) in [5, 5.41) is 4.86. The first-order chi connectivity index (χ1) is 9.69. The van der Waals surface area contributed by atoms with Gasteiger partial charge in [-0.05, 0) is 35.1 Å². The molecule has 3 rings (SSSR count). The van der Waals surface area contributed by atoms with Gasteiger partial charge >= 0.3 is 0 Å². The van der Waals surface area contributed by atoms with Crippen LogP contribution in [0.2, 0.25) is 0 Å². The first-order valence-electron chi connectivity index (χ1n) is 6.48. The van der Waals surface area contributed by atoms with Crippen LogP contribution in [0.1, 0.15) is 28.5 Å². The third-order valence-electron chi connectivity index (χ3n) is 3.54. The third-order valence-corrected chi connectivity index (χ3v) is 4.52. The number of benzene rings is 1. The van der Waals surface area contributed by atoms with Gasteiger partial charge < -0.3 is 15.8 Å². The van der Waals surface area contributed by atoms with E-state index >= 15 is 0 Å². The van der Waals surface area contributed by atoms with E-state index < -0.39 is 0 Å². The number of fused-ring (bicyclic) bond motifs is 1. The van der Waals surface area contributed by atoms with Crippen molar-refractivity contribution in [3.63, 3.8) is 0 Å². The maximum absolute atomic E-state index is 11.4. The topological polar surface area (TPSA) is 64.3 Å². The molecule has 3 N–H and O–H groups in total. The van der Waals surface area contributed by atoms with Crippen molar-refractivity contribution in [1.29, 1.82) is 0 Å². The van der Waals surface area contributed by atoms with Crippen LogP contribution in [0.5, 0.6) is 5.75 Å². The van der Waals surface area contributed by atoms with Gasteiger partial charge in [0.05, 0.1) is 18.0 Å². The van der Waals surface area contributed by atoms with Crippen molar-refractivity contribution in [2.45, 2.75) is 18.9 Å². The van der Waals surface area contributed by atoms with Crippen molar-refractivity contribution in [3.8, 4) is 5.75 Å². The number of carbonyl (C=O) groups excluding carboxylic acids is 1. The molecule has 0 fully saturated rings. The smallest absolute Gasteiger partial charge is 0.224 e. The number of anilines is 1. The van der Waals surface area contributed by atoms with Gasteiger partial charge in [0.2, 0.25) is 5.91 Å². The monoisotopic (exact) mass is 288 g/mol. The number of nitrogens with two attached hydrogens (primary N) is 1. The van der Waals surface area contributed by atoms with Crippen LogP contribution in [0.4, 0.5) is 5.69 Å². The number of hydrogen-bond donors (Lipinski definition) is 2. The van der Waals surface area contributed by atoms with Crippen molar-refractivity contribution in [1.82, 2.24) is 0 Å². The van der Waals surface area contributed by atoms with Crippen LogP contribution in [0.25, 0.3) is 0 Å². The molecule has 0 saturated heterocycles. The fraction of sp³-hybridized carbons (Fsp3) is 0.267. The summed E-state index contributed by atoms with van der Waals surface area (Å²) in [7, 11) is 1.65. The molecule has 5 heteroatoms. The Labute approximate surface area is 121 Å². The van der Waals surface area contributed by atoms with Gasteiger partial charge in [0.25, 0.3) is 0 Å². The van der Waals surface area contributed by atoms with E-state index in [-0.39, 0.29) is 11.9 Å². The van der Waals surface area contributed by atoms with Crippen molar-refractivity contribution < 1.29 is 9.53 Å². The maximum Gasteiger partial charge on any atom is 0.224 e. The SMILES string of the molecule is COc1ccsc1C(N)c1ccc2c(c1)CCC(=O)N2. The Balaban J connectivity index is 1.93. The normalized spacial score (nSPS) is 15.4. The standard InChI is InChI=1S/C15H16N2O2S/c1-19-12-6-7-20-15(12)14(16)10-2-4-11-9(8-10)3-5-13(18)17-11/h2,4,6-8,14H,3,5,16H2,1H3,(H,17,18). The van der Waals surface area contributed by atoms with E-state index in [1.165, 1.54) is 0 Å². The minimum Gasteiger partial charge on any atom is -0.496 e. The lowest BCUT2D eigenvalue weighted by molar-refractivity contribution is -0.116. The fourth-order valence-electron chi connectivity index (χ4n) is 2.45.